The molecule has 2 heterocycles. The third-order valence-corrected chi connectivity index (χ3v) is 2.75. The van der Waals surface area contributed by atoms with Crippen molar-refractivity contribution >= 4 is 0 Å². The molecule has 0 aliphatic carbocycles. The summed E-state index contributed by atoms with van der Waals surface area (Å²) < 4.78 is 45.3. The molecule has 9 heteroatoms. The molecule has 0 fully saturated rings. The zero-order chi connectivity index (χ0) is 14.9. The van der Waals surface area contributed by atoms with Gasteiger partial charge in [0, 0.05) is 0 Å². The second kappa shape index (κ2) is 5.00. The van der Waals surface area contributed by atoms with Crippen molar-refractivity contribution in [1.29, 1.82) is 0 Å². The maximum Gasteiger partial charge on any atom is 0.417 e. The number of hydrogen-bond acceptors (Lipinski definition) is 4. The molecule has 0 bridgehead atoms. The molecule has 21 heavy (non-hydrogen) atoms. The Labute approximate surface area is 116 Å². The first-order chi connectivity index (χ1) is 10.0. The first-order valence-electron chi connectivity index (χ1n) is 5.91. The lowest BCUT2D eigenvalue weighted by molar-refractivity contribution is -0.744. The number of aromatic amines is 1. The molecule has 3 aromatic rings. The van der Waals surface area contributed by atoms with E-state index in [1.54, 1.807) is 4.68 Å². The van der Waals surface area contributed by atoms with E-state index in [2.05, 4.69) is 20.2 Å². The monoisotopic (exact) mass is 296 g/mol. The summed E-state index contributed by atoms with van der Waals surface area (Å²) in [4.78, 5) is 7.79. The maximum atomic E-state index is 12.9. The highest BCUT2D eigenvalue weighted by molar-refractivity contribution is 5.59. The van der Waals surface area contributed by atoms with Gasteiger partial charge in [-0.15, -0.1) is 0 Å². The second-order valence-corrected chi connectivity index (χ2v) is 4.21. The van der Waals surface area contributed by atoms with E-state index in [-0.39, 0.29) is 23.8 Å². The Hall–Kier alpha value is -2.71. The van der Waals surface area contributed by atoms with Gasteiger partial charge in [0.25, 0.3) is 5.89 Å². The van der Waals surface area contributed by atoms with Crippen LogP contribution in [0.3, 0.4) is 0 Å². The molecule has 0 radical (unpaired) electrons. The molecule has 3 rings (SSSR count). The van der Waals surface area contributed by atoms with Crippen molar-refractivity contribution in [3.8, 4) is 11.5 Å². The Morgan fingerprint density at radius 2 is 2.05 bits per heavy atom. The molecule has 0 saturated heterocycles. The van der Waals surface area contributed by atoms with Gasteiger partial charge in [-0.05, 0) is 17.1 Å². The lowest BCUT2D eigenvalue weighted by Gasteiger charge is -2.09. The minimum absolute atomic E-state index is 0.140. The minimum atomic E-state index is -4.48. The lowest BCUT2D eigenvalue weighted by Crippen LogP contribution is -2.35. The molecule has 6 nitrogen and oxygen atoms in total. The van der Waals surface area contributed by atoms with E-state index in [1.165, 1.54) is 30.9 Å². The summed E-state index contributed by atoms with van der Waals surface area (Å²) in [5, 5.41) is 6.44. The first-order valence-corrected chi connectivity index (χ1v) is 5.91. The number of nitrogens with one attached hydrogen (secondary N) is 1. The number of aromatic nitrogens is 5. The predicted molar refractivity (Wildman–Crippen MR) is 62.6 cm³/mol. The average molecular weight is 296 g/mol. The van der Waals surface area contributed by atoms with Gasteiger partial charge >= 0.3 is 12.5 Å². The normalized spacial score (nSPS) is 11.8. The second-order valence-electron chi connectivity index (χ2n) is 4.21. The van der Waals surface area contributed by atoms with E-state index < -0.39 is 11.7 Å². The van der Waals surface area contributed by atoms with Gasteiger partial charge in [0.05, 0.1) is 11.1 Å². The van der Waals surface area contributed by atoms with E-state index in [1.807, 2.05) is 0 Å². The Kier molecular flexibility index (Phi) is 3.16. The van der Waals surface area contributed by atoms with Crippen LogP contribution in [0.5, 0.6) is 0 Å². The van der Waals surface area contributed by atoms with Gasteiger partial charge in [0.1, 0.15) is 0 Å². The largest absolute Gasteiger partial charge is 0.417 e. The zero-order valence-corrected chi connectivity index (χ0v) is 10.5. The van der Waals surface area contributed by atoms with Crippen LogP contribution in [0.4, 0.5) is 13.2 Å². The van der Waals surface area contributed by atoms with Crippen LogP contribution >= 0.6 is 0 Å². The molecule has 0 saturated carbocycles. The Balaban J connectivity index is 1.93. The fourth-order valence-electron chi connectivity index (χ4n) is 1.84. The molecule has 0 spiro atoms. The Morgan fingerprint density at radius 3 is 2.76 bits per heavy atom. The van der Waals surface area contributed by atoms with Crippen molar-refractivity contribution in [2.45, 2.75) is 12.7 Å². The quantitative estimate of drug-likeness (QED) is 0.748. The summed E-state index contributed by atoms with van der Waals surface area (Å²) in [6.07, 6.45) is -1.52. The molecule has 1 aromatic carbocycles. The van der Waals surface area contributed by atoms with E-state index in [0.717, 1.165) is 6.07 Å². The number of hydrogen-bond donors (Lipinski definition) is 1. The third kappa shape index (κ3) is 2.76. The predicted octanol–water partition coefficient (Wildman–Crippen LogP) is 1.81. The van der Waals surface area contributed by atoms with E-state index >= 15 is 0 Å². The first kappa shape index (κ1) is 13.3. The molecule has 0 amide bonds. The van der Waals surface area contributed by atoms with Gasteiger partial charge in [-0.25, -0.2) is 0 Å². The fraction of sp³-hybridized carbons (Fsp3) is 0.167. The van der Waals surface area contributed by atoms with Gasteiger partial charge < -0.3 is 4.52 Å². The van der Waals surface area contributed by atoms with Crippen molar-refractivity contribution in [2.24, 2.45) is 0 Å². The summed E-state index contributed by atoms with van der Waals surface area (Å²) >= 11 is 0. The van der Waals surface area contributed by atoms with E-state index in [9.17, 15) is 13.2 Å². The van der Waals surface area contributed by atoms with Gasteiger partial charge in [-0.2, -0.15) is 27.9 Å². The third-order valence-electron chi connectivity index (χ3n) is 2.75. The summed E-state index contributed by atoms with van der Waals surface area (Å²) in [5.41, 5.74) is -0.951. The van der Waals surface area contributed by atoms with Crippen LogP contribution in [0.2, 0.25) is 0 Å². The fourth-order valence-corrected chi connectivity index (χ4v) is 1.84. The van der Waals surface area contributed by atoms with Crippen LogP contribution in [-0.4, -0.2) is 20.2 Å². The Bertz CT molecular complexity index is 735. The average Bonchev–Trinajstić information content (AvgIpc) is 3.10. The Morgan fingerprint density at radius 1 is 1.24 bits per heavy atom. The highest BCUT2D eigenvalue weighted by Gasteiger charge is 2.34. The highest BCUT2D eigenvalue weighted by atomic mass is 19.4. The number of rotatable bonds is 3. The number of H-pyrrole nitrogens is 1. The van der Waals surface area contributed by atoms with Crippen molar-refractivity contribution in [1.82, 2.24) is 20.2 Å². The van der Waals surface area contributed by atoms with Gasteiger partial charge in [-0.1, -0.05) is 17.3 Å². The number of nitrogens with zero attached hydrogens (tertiary/aromatic N) is 4. The highest BCUT2D eigenvalue weighted by Crippen LogP contribution is 2.36. The molecule has 0 atom stereocenters. The SMILES string of the molecule is FC(F)(F)c1ccccc1-c1nc(C[n+]2cnc[nH]2)no1. The smallest absolute Gasteiger partial charge is 0.334 e. The number of alkyl halides is 3. The molecular weight excluding hydrogens is 287 g/mol. The number of halogens is 3. The van der Waals surface area contributed by atoms with Crippen LogP contribution in [0, 0.1) is 0 Å². The molecular formula is C12H9F3N5O+. The van der Waals surface area contributed by atoms with Gasteiger partial charge in [0.2, 0.25) is 12.2 Å². The molecule has 0 aliphatic heterocycles. The molecule has 108 valence electrons. The zero-order valence-electron chi connectivity index (χ0n) is 10.5. The summed E-state index contributed by atoms with van der Waals surface area (Å²) in [7, 11) is 0. The van der Waals surface area contributed by atoms with Crippen LogP contribution in [0.25, 0.3) is 11.5 Å². The summed E-state index contributed by atoms with van der Waals surface area (Å²) in [6.45, 7) is 0.220. The topological polar surface area (TPSA) is 71.5 Å². The minimum Gasteiger partial charge on any atom is -0.334 e. The number of benzene rings is 1. The van der Waals surface area contributed by atoms with E-state index in [0.29, 0.717) is 0 Å². The van der Waals surface area contributed by atoms with Crippen LogP contribution in [0.1, 0.15) is 11.4 Å². The van der Waals surface area contributed by atoms with Crippen molar-refractivity contribution < 1.29 is 22.4 Å². The molecule has 1 N–H and O–H groups in total. The maximum absolute atomic E-state index is 12.9. The van der Waals surface area contributed by atoms with Gasteiger partial charge in [-0.3, -0.25) is 0 Å². The van der Waals surface area contributed by atoms with Crippen molar-refractivity contribution in [2.75, 3.05) is 0 Å². The van der Waals surface area contributed by atoms with Gasteiger partial charge in [0.15, 0.2) is 6.54 Å². The molecule has 2 aromatic heterocycles. The van der Waals surface area contributed by atoms with Crippen LogP contribution < -0.4 is 4.68 Å². The van der Waals surface area contributed by atoms with E-state index in [4.69, 9.17) is 4.52 Å². The summed E-state index contributed by atoms with van der Waals surface area (Å²) in [6, 6.07) is 5.06. The standard InChI is InChI=1S/C12H8F3N5O/c13-12(14,15)9-4-2-1-3-8(9)11-18-10(19-21-11)5-20-7-16-6-17-20/h1-4,6-7H,5H2/p+1. The molecule has 0 aliphatic rings. The lowest BCUT2D eigenvalue weighted by atomic mass is 10.1. The molecule has 0 unspecified atom stereocenters. The van der Waals surface area contributed by atoms with Crippen LogP contribution in [-0.2, 0) is 12.7 Å². The van der Waals surface area contributed by atoms with Crippen molar-refractivity contribution in [3.63, 3.8) is 0 Å². The summed E-state index contributed by atoms with van der Waals surface area (Å²) in [5.74, 6) is 0.0780. The van der Waals surface area contributed by atoms with Crippen LogP contribution in [0.15, 0.2) is 41.4 Å². The van der Waals surface area contributed by atoms with Crippen molar-refractivity contribution in [3.05, 3.63) is 48.3 Å².